The minimum Gasteiger partial charge on any atom is -0.479 e. The minimum atomic E-state index is -1.55. The van der Waals surface area contributed by atoms with Crippen LogP contribution in [0.1, 0.15) is 25.2 Å². The summed E-state index contributed by atoms with van der Waals surface area (Å²) < 4.78 is 0. The molecular weight excluding hydrogens is 210 g/mol. The highest BCUT2D eigenvalue weighted by Crippen LogP contribution is 2.20. The van der Waals surface area contributed by atoms with Crippen LogP contribution in [0.3, 0.4) is 0 Å². The Bertz CT molecular complexity index is 433. The van der Waals surface area contributed by atoms with E-state index in [1.165, 1.54) is 26.2 Å². The van der Waals surface area contributed by atoms with Crippen molar-refractivity contribution in [2.75, 3.05) is 0 Å². The molecule has 0 bridgehead atoms. The molecule has 1 amide bonds. The van der Waals surface area contributed by atoms with Gasteiger partial charge >= 0.3 is 5.97 Å². The molecule has 1 heterocycles. The Kier molecular flexibility index (Phi) is 3.22. The summed E-state index contributed by atoms with van der Waals surface area (Å²) in [6.07, 6.45) is 2.86. The first-order valence-electron chi connectivity index (χ1n) is 4.68. The molecule has 1 rings (SSSR count). The van der Waals surface area contributed by atoms with Gasteiger partial charge in [-0.15, -0.1) is 0 Å². The number of amides is 1. The molecule has 0 saturated carbocycles. The molecule has 6 heteroatoms. The average molecular weight is 223 g/mol. The van der Waals surface area contributed by atoms with Crippen molar-refractivity contribution < 1.29 is 14.7 Å². The first kappa shape index (κ1) is 12.1. The number of carboxylic acids is 1. The number of hydrogen-bond acceptors (Lipinski definition) is 4. The van der Waals surface area contributed by atoms with Crippen molar-refractivity contribution in [2.24, 2.45) is 0 Å². The number of carbonyl (C=O) groups excluding carboxylic acids is 1. The van der Waals surface area contributed by atoms with Gasteiger partial charge in [0, 0.05) is 19.3 Å². The van der Waals surface area contributed by atoms with Crippen LogP contribution in [0.15, 0.2) is 12.4 Å². The van der Waals surface area contributed by atoms with Crippen LogP contribution in [0.2, 0.25) is 0 Å². The van der Waals surface area contributed by atoms with Crippen LogP contribution in [-0.4, -0.2) is 27.0 Å². The predicted molar refractivity (Wildman–Crippen MR) is 55.6 cm³/mol. The van der Waals surface area contributed by atoms with Crippen molar-refractivity contribution in [1.29, 1.82) is 0 Å². The molecule has 16 heavy (non-hydrogen) atoms. The summed E-state index contributed by atoms with van der Waals surface area (Å²) in [7, 11) is 0. The van der Waals surface area contributed by atoms with E-state index in [1.54, 1.807) is 6.92 Å². The molecule has 2 N–H and O–H groups in total. The topological polar surface area (TPSA) is 92.2 Å². The Morgan fingerprint density at radius 3 is 2.38 bits per heavy atom. The largest absolute Gasteiger partial charge is 0.479 e. The van der Waals surface area contributed by atoms with E-state index in [-0.39, 0.29) is 5.69 Å². The van der Waals surface area contributed by atoms with E-state index < -0.39 is 17.4 Å². The van der Waals surface area contributed by atoms with Crippen molar-refractivity contribution in [1.82, 2.24) is 15.3 Å². The Hall–Kier alpha value is -1.98. The Morgan fingerprint density at radius 2 is 1.94 bits per heavy atom. The van der Waals surface area contributed by atoms with E-state index in [0.717, 1.165) is 0 Å². The van der Waals surface area contributed by atoms with Gasteiger partial charge in [-0.1, -0.05) is 0 Å². The molecule has 0 spiro atoms. The normalized spacial score (nSPS) is 13.9. The van der Waals surface area contributed by atoms with E-state index in [4.69, 9.17) is 0 Å². The summed E-state index contributed by atoms with van der Waals surface area (Å²) in [5.41, 5.74) is -0.844. The third kappa shape index (κ3) is 2.16. The van der Waals surface area contributed by atoms with E-state index in [2.05, 4.69) is 15.3 Å². The molecule has 1 atom stereocenters. The van der Waals surface area contributed by atoms with Gasteiger partial charge in [0.1, 0.15) is 0 Å². The quantitative estimate of drug-likeness (QED) is 0.764. The number of aryl methyl sites for hydroxylation is 1. The van der Waals surface area contributed by atoms with Crippen LogP contribution in [0, 0.1) is 6.92 Å². The maximum Gasteiger partial charge on any atom is 0.335 e. The Morgan fingerprint density at radius 1 is 1.38 bits per heavy atom. The van der Waals surface area contributed by atoms with Gasteiger partial charge < -0.3 is 10.4 Å². The monoisotopic (exact) mass is 223 g/mol. The van der Waals surface area contributed by atoms with Crippen LogP contribution in [0.5, 0.6) is 0 Å². The lowest BCUT2D eigenvalue weighted by Gasteiger charge is -2.25. The van der Waals surface area contributed by atoms with E-state index in [0.29, 0.717) is 5.69 Å². The van der Waals surface area contributed by atoms with Crippen LogP contribution in [0.25, 0.3) is 0 Å². The fourth-order valence-corrected chi connectivity index (χ4v) is 1.46. The molecule has 0 fully saturated rings. The highest BCUT2D eigenvalue weighted by Gasteiger charge is 2.39. The van der Waals surface area contributed by atoms with Crippen molar-refractivity contribution in [3.05, 3.63) is 23.8 Å². The number of rotatable bonds is 3. The Balaban J connectivity index is 3.27. The summed E-state index contributed by atoms with van der Waals surface area (Å²) in [5.74, 6) is -1.61. The molecule has 0 saturated heterocycles. The smallest absolute Gasteiger partial charge is 0.335 e. The molecule has 1 aromatic heterocycles. The molecule has 0 aliphatic rings. The second-order valence-electron chi connectivity index (χ2n) is 3.60. The van der Waals surface area contributed by atoms with Crippen LogP contribution >= 0.6 is 0 Å². The van der Waals surface area contributed by atoms with Gasteiger partial charge in [-0.25, -0.2) is 4.79 Å². The second kappa shape index (κ2) is 4.26. The SMILES string of the molecule is CC(=O)NC(C)(C(=O)O)c1nccnc1C. The van der Waals surface area contributed by atoms with Crippen molar-refractivity contribution >= 4 is 11.9 Å². The highest BCUT2D eigenvalue weighted by molar-refractivity contribution is 5.86. The number of nitrogens with zero attached hydrogens (tertiary/aromatic N) is 2. The molecular formula is C10H13N3O3. The van der Waals surface area contributed by atoms with Gasteiger partial charge in [-0.3, -0.25) is 14.8 Å². The minimum absolute atomic E-state index is 0.234. The number of aromatic nitrogens is 2. The standard InChI is InChI=1S/C10H13N3O3/c1-6-8(12-5-4-11-6)10(3,9(15)16)13-7(2)14/h4-5H,1-3H3,(H,13,14)(H,15,16). The van der Waals surface area contributed by atoms with Gasteiger partial charge in [-0.2, -0.15) is 0 Å². The van der Waals surface area contributed by atoms with Crippen LogP contribution in [-0.2, 0) is 15.1 Å². The maximum absolute atomic E-state index is 11.2. The third-order valence-corrected chi connectivity index (χ3v) is 2.21. The lowest BCUT2D eigenvalue weighted by atomic mass is 9.96. The van der Waals surface area contributed by atoms with Crippen molar-refractivity contribution in [3.8, 4) is 0 Å². The Labute approximate surface area is 92.7 Å². The molecule has 86 valence electrons. The van der Waals surface area contributed by atoms with Gasteiger partial charge in [-0.05, 0) is 13.8 Å². The fourth-order valence-electron chi connectivity index (χ4n) is 1.46. The zero-order valence-corrected chi connectivity index (χ0v) is 9.31. The predicted octanol–water partition coefficient (Wildman–Crippen LogP) is 0.221. The molecule has 6 nitrogen and oxygen atoms in total. The molecule has 1 aromatic rings. The lowest BCUT2D eigenvalue weighted by molar-refractivity contribution is -0.147. The molecule has 0 aliphatic heterocycles. The van der Waals surface area contributed by atoms with Crippen molar-refractivity contribution in [2.45, 2.75) is 26.3 Å². The molecule has 1 unspecified atom stereocenters. The number of aliphatic carboxylic acids is 1. The van der Waals surface area contributed by atoms with E-state index >= 15 is 0 Å². The van der Waals surface area contributed by atoms with E-state index in [1.807, 2.05) is 0 Å². The second-order valence-corrected chi connectivity index (χ2v) is 3.60. The van der Waals surface area contributed by atoms with Gasteiger partial charge in [0.05, 0.1) is 11.4 Å². The molecule has 0 aromatic carbocycles. The van der Waals surface area contributed by atoms with Gasteiger partial charge in [0.15, 0.2) is 5.54 Å². The number of carboxylic acid groups (broad SMARTS) is 1. The number of nitrogens with one attached hydrogen (secondary N) is 1. The average Bonchev–Trinajstić information content (AvgIpc) is 2.16. The van der Waals surface area contributed by atoms with Crippen LogP contribution in [0.4, 0.5) is 0 Å². The van der Waals surface area contributed by atoms with Gasteiger partial charge in [0.2, 0.25) is 5.91 Å². The zero-order chi connectivity index (χ0) is 12.3. The van der Waals surface area contributed by atoms with Crippen molar-refractivity contribution in [3.63, 3.8) is 0 Å². The summed E-state index contributed by atoms with van der Waals surface area (Å²) in [5, 5.41) is 11.5. The van der Waals surface area contributed by atoms with Gasteiger partial charge in [0.25, 0.3) is 0 Å². The third-order valence-electron chi connectivity index (χ3n) is 2.21. The number of hydrogen-bond donors (Lipinski definition) is 2. The maximum atomic E-state index is 11.2. The first-order chi connectivity index (χ1) is 7.38. The zero-order valence-electron chi connectivity index (χ0n) is 9.31. The molecule has 0 aliphatic carbocycles. The summed E-state index contributed by atoms with van der Waals surface area (Å²) in [6.45, 7) is 4.28. The first-order valence-corrected chi connectivity index (χ1v) is 4.68. The lowest BCUT2D eigenvalue weighted by Crippen LogP contribution is -2.49. The summed E-state index contributed by atoms with van der Waals surface area (Å²) >= 11 is 0. The summed E-state index contributed by atoms with van der Waals surface area (Å²) in [4.78, 5) is 30.2. The fraction of sp³-hybridized carbons (Fsp3) is 0.400. The highest BCUT2D eigenvalue weighted by atomic mass is 16.4. The summed E-state index contributed by atoms with van der Waals surface area (Å²) in [6, 6.07) is 0. The van der Waals surface area contributed by atoms with Crippen LogP contribution < -0.4 is 5.32 Å². The molecule has 0 radical (unpaired) electrons. The van der Waals surface area contributed by atoms with E-state index in [9.17, 15) is 14.7 Å². The number of carbonyl (C=O) groups is 2.